The molecule has 0 saturated heterocycles. The van der Waals surface area contributed by atoms with Gasteiger partial charge in [-0.1, -0.05) is 22.0 Å². The Labute approximate surface area is 134 Å². The molecule has 0 aromatic heterocycles. The average molecular weight is 366 g/mol. The van der Waals surface area contributed by atoms with Crippen molar-refractivity contribution in [3.05, 3.63) is 56.0 Å². The summed E-state index contributed by atoms with van der Waals surface area (Å²) in [4.78, 5) is 10.6. The standard InChI is InChI=1S/C15H12BrNO5/c1-9-2-3-13(12(4-9)17(18)19)20-7-10-5-14-15(6-11(10)16)22-8-21-14/h2-6H,7-8H2,1H3. The summed E-state index contributed by atoms with van der Waals surface area (Å²) >= 11 is 3.43. The first-order chi connectivity index (χ1) is 10.5. The molecular weight excluding hydrogens is 354 g/mol. The van der Waals surface area contributed by atoms with Gasteiger partial charge in [0.15, 0.2) is 17.2 Å². The Morgan fingerprint density at radius 3 is 2.73 bits per heavy atom. The molecule has 0 aliphatic carbocycles. The Bertz CT molecular complexity index is 747. The van der Waals surface area contributed by atoms with Gasteiger partial charge in [-0.2, -0.15) is 0 Å². The van der Waals surface area contributed by atoms with Crippen molar-refractivity contribution in [2.75, 3.05) is 6.79 Å². The van der Waals surface area contributed by atoms with Gasteiger partial charge in [-0.15, -0.1) is 0 Å². The first-order valence-corrected chi connectivity index (χ1v) is 7.30. The summed E-state index contributed by atoms with van der Waals surface area (Å²) in [7, 11) is 0. The van der Waals surface area contributed by atoms with Gasteiger partial charge in [0.25, 0.3) is 0 Å². The number of ether oxygens (including phenoxy) is 3. The van der Waals surface area contributed by atoms with Crippen LogP contribution in [0.4, 0.5) is 5.69 Å². The SMILES string of the molecule is Cc1ccc(OCc2cc3c(cc2Br)OCO3)c([N+](=O)[O-])c1. The zero-order valence-corrected chi connectivity index (χ0v) is 13.3. The molecule has 0 spiro atoms. The highest BCUT2D eigenvalue weighted by Crippen LogP contribution is 2.37. The van der Waals surface area contributed by atoms with E-state index in [0.29, 0.717) is 11.5 Å². The van der Waals surface area contributed by atoms with E-state index in [1.165, 1.54) is 6.07 Å². The van der Waals surface area contributed by atoms with E-state index in [1.807, 2.05) is 0 Å². The number of nitrogens with zero attached hydrogens (tertiary/aromatic N) is 1. The van der Waals surface area contributed by atoms with Crippen LogP contribution in [0.3, 0.4) is 0 Å². The second-order valence-electron chi connectivity index (χ2n) is 4.81. The third-order valence-corrected chi connectivity index (χ3v) is 3.97. The molecule has 114 valence electrons. The molecule has 2 aromatic carbocycles. The molecule has 2 aromatic rings. The maximum atomic E-state index is 11.1. The fraction of sp³-hybridized carbons (Fsp3) is 0.200. The van der Waals surface area contributed by atoms with Crippen LogP contribution in [-0.4, -0.2) is 11.7 Å². The van der Waals surface area contributed by atoms with E-state index < -0.39 is 4.92 Å². The summed E-state index contributed by atoms with van der Waals surface area (Å²) in [6.07, 6.45) is 0. The second kappa shape index (κ2) is 5.84. The molecule has 0 bridgehead atoms. The minimum Gasteiger partial charge on any atom is -0.482 e. The number of fused-ring (bicyclic) bond motifs is 1. The summed E-state index contributed by atoms with van der Waals surface area (Å²) in [6, 6.07) is 8.46. The van der Waals surface area contributed by atoms with Crippen LogP contribution in [-0.2, 0) is 6.61 Å². The van der Waals surface area contributed by atoms with Crippen LogP contribution in [0, 0.1) is 17.0 Å². The van der Waals surface area contributed by atoms with Crippen molar-refractivity contribution in [2.24, 2.45) is 0 Å². The lowest BCUT2D eigenvalue weighted by Crippen LogP contribution is -2.00. The zero-order chi connectivity index (χ0) is 15.7. The van der Waals surface area contributed by atoms with Crippen molar-refractivity contribution in [3.8, 4) is 17.2 Å². The number of nitro groups is 1. The minimum atomic E-state index is -0.447. The van der Waals surface area contributed by atoms with Crippen LogP contribution in [0.5, 0.6) is 17.2 Å². The van der Waals surface area contributed by atoms with E-state index in [0.717, 1.165) is 15.6 Å². The van der Waals surface area contributed by atoms with Crippen molar-refractivity contribution in [3.63, 3.8) is 0 Å². The van der Waals surface area contributed by atoms with E-state index in [9.17, 15) is 10.1 Å². The molecule has 0 amide bonds. The number of hydrogen-bond acceptors (Lipinski definition) is 5. The summed E-state index contributed by atoms with van der Waals surface area (Å²) in [6.45, 7) is 2.17. The van der Waals surface area contributed by atoms with Gasteiger partial charge in [0.1, 0.15) is 6.61 Å². The molecule has 1 aliphatic rings. The van der Waals surface area contributed by atoms with Gasteiger partial charge in [-0.05, 0) is 30.7 Å². The number of benzene rings is 2. The number of halogens is 1. The third kappa shape index (κ3) is 2.85. The fourth-order valence-electron chi connectivity index (χ4n) is 2.12. The fourth-order valence-corrected chi connectivity index (χ4v) is 2.55. The average Bonchev–Trinajstić information content (AvgIpc) is 2.92. The molecule has 6 nitrogen and oxygen atoms in total. The lowest BCUT2D eigenvalue weighted by Gasteiger charge is -2.09. The topological polar surface area (TPSA) is 70.8 Å². The van der Waals surface area contributed by atoms with Crippen LogP contribution in [0.2, 0.25) is 0 Å². The molecule has 0 N–H and O–H groups in total. The normalized spacial score (nSPS) is 12.3. The summed E-state index contributed by atoms with van der Waals surface area (Å²) < 4.78 is 17.0. The zero-order valence-electron chi connectivity index (χ0n) is 11.7. The number of hydrogen-bond donors (Lipinski definition) is 0. The Morgan fingerprint density at radius 1 is 1.27 bits per heavy atom. The van der Waals surface area contributed by atoms with Crippen LogP contribution >= 0.6 is 15.9 Å². The van der Waals surface area contributed by atoms with Gasteiger partial charge < -0.3 is 14.2 Å². The van der Waals surface area contributed by atoms with Crippen LogP contribution in [0.25, 0.3) is 0 Å². The molecule has 0 atom stereocenters. The molecular formula is C15H12BrNO5. The minimum absolute atomic E-state index is 0.0446. The maximum Gasteiger partial charge on any atom is 0.311 e. The molecule has 0 fully saturated rings. The Balaban J connectivity index is 1.83. The second-order valence-corrected chi connectivity index (χ2v) is 5.67. The van der Waals surface area contributed by atoms with Crippen LogP contribution < -0.4 is 14.2 Å². The lowest BCUT2D eigenvalue weighted by atomic mass is 10.2. The van der Waals surface area contributed by atoms with Crippen LogP contribution in [0.1, 0.15) is 11.1 Å². The molecule has 3 rings (SSSR count). The highest BCUT2D eigenvalue weighted by Gasteiger charge is 2.19. The largest absolute Gasteiger partial charge is 0.482 e. The Kier molecular flexibility index (Phi) is 3.89. The van der Waals surface area contributed by atoms with Crippen molar-refractivity contribution in [1.29, 1.82) is 0 Å². The molecule has 0 radical (unpaired) electrons. The monoisotopic (exact) mass is 365 g/mol. The van der Waals surface area contributed by atoms with E-state index in [4.69, 9.17) is 14.2 Å². The van der Waals surface area contributed by atoms with Crippen molar-refractivity contribution >= 4 is 21.6 Å². The first kappa shape index (κ1) is 14.6. The smallest absolute Gasteiger partial charge is 0.311 e. The summed E-state index contributed by atoms with van der Waals surface area (Å²) in [5, 5.41) is 11.1. The molecule has 22 heavy (non-hydrogen) atoms. The van der Waals surface area contributed by atoms with E-state index >= 15 is 0 Å². The summed E-state index contributed by atoms with van der Waals surface area (Å²) in [5.74, 6) is 1.54. The predicted octanol–water partition coefficient (Wildman–Crippen LogP) is 3.97. The Morgan fingerprint density at radius 2 is 2.00 bits per heavy atom. The quantitative estimate of drug-likeness (QED) is 0.605. The molecule has 7 heteroatoms. The molecule has 1 heterocycles. The predicted molar refractivity (Wildman–Crippen MR) is 82.4 cm³/mol. The highest BCUT2D eigenvalue weighted by molar-refractivity contribution is 9.10. The highest BCUT2D eigenvalue weighted by atomic mass is 79.9. The maximum absolute atomic E-state index is 11.1. The van der Waals surface area contributed by atoms with Crippen molar-refractivity contribution in [1.82, 2.24) is 0 Å². The molecule has 1 aliphatic heterocycles. The van der Waals surface area contributed by atoms with Gasteiger partial charge in [0.05, 0.1) is 4.92 Å². The number of rotatable bonds is 4. The van der Waals surface area contributed by atoms with Gasteiger partial charge in [0, 0.05) is 16.1 Å². The van der Waals surface area contributed by atoms with Gasteiger partial charge in [-0.25, -0.2) is 0 Å². The summed E-state index contributed by atoms with van der Waals surface area (Å²) in [5.41, 5.74) is 1.58. The van der Waals surface area contributed by atoms with Crippen molar-refractivity contribution in [2.45, 2.75) is 13.5 Å². The van der Waals surface area contributed by atoms with Gasteiger partial charge >= 0.3 is 5.69 Å². The third-order valence-electron chi connectivity index (χ3n) is 3.24. The van der Waals surface area contributed by atoms with E-state index in [2.05, 4.69) is 15.9 Å². The molecule has 0 unspecified atom stereocenters. The van der Waals surface area contributed by atoms with Crippen molar-refractivity contribution < 1.29 is 19.1 Å². The number of nitro benzene ring substituents is 1. The number of aryl methyl sites for hydroxylation is 1. The Hall–Kier alpha value is -2.28. The van der Waals surface area contributed by atoms with Crippen LogP contribution in [0.15, 0.2) is 34.8 Å². The van der Waals surface area contributed by atoms with Gasteiger partial charge in [0.2, 0.25) is 6.79 Å². The molecule has 0 saturated carbocycles. The first-order valence-electron chi connectivity index (χ1n) is 6.50. The van der Waals surface area contributed by atoms with Gasteiger partial charge in [-0.3, -0.25) is 10.1 Å². The van der Waals surface area contributed by atoms with E-state index in [1.54, 1.807) is 31.2 Å². The lowest BCUT2D eigenvalue weighted by molar-refractivity contribution is -0.386. The van der Waals surface area contributed by atoms with E-state index in [-0.39, 0.29) is 24.8 Å².